The van der Waals surface area contributed by atoms with Crippen molar-refractivity contribution in [2.24, 2.45) is 0 Å². The Kier molecular flexibility index (Phi) is 5.26. The number of sulfonamides is 1. The smallest absolute Gasteiger partial charge is 0.267 e. The summed E-state index contributed by atoms with van der Waals surface area (Å²) < 4.78 is 34.2. The minimum Gasteiger partial charge on any atom is -0.479 e. The number of carbonyl (C=O) groups excluding carboxylic acids is 1. The fourth-order valence-electron chi connectivity index (χ4n) is 3.88. The quantitative estimate of drug-likeness (QED) is 0.632. The second-order valence-electron chi connectivity index (χ2n) is 7.71. The van der Waals surface area contributed by atoms with Gasteiger partial charge in [-0.2, -0.15) is 0 Å². The van der Waals surface area contributed by atoms with Crippen LogP contribution in [0.4, 0.5) is 10.8 Å². The van der Waals surface area contributed by atoms with Crippen LogP contribution < -0.4 is 14.4 Å². The molecule has 0 saturated carbocycles. The Morgan fingerprint density at radius 2 is 1.81 bits per heavy atom. The lowest BCUT2D eigenvalue weighted by atomic mass is 10.1. The molecule has 3 aromatic rings. The lowest BCUT2D eigenvalue weighted by Gasteiger charge is -2.30. The molecule has 0 bridgehead atoms. The number of fused-ring (bicyclic) bond motifs is 1. The molecule has 9 heteroatoms. The van der Waals surface area contributed by atoms with Crippen LogP contribution in [-0.2, 0) is 14.8 Å². The van der Waals surface area contributed by atoms with Gasteiger partial charge in [0.1, 0.15) is 5.75 Å². The van der Waals surface area contributed by atoms with Gasteiger partial charge in [0, 0.05) is 18.0 Å². The molecule has 1 aliphatic rings. The van der Waals surface area contributed by atoms with Crippen LogP contribution in [0.15, 0.2) is 40.6 Å². The molecule has 1 atom stereocenters. The van der Waals surface area contributed by atoms with Crippen molar-refractivity contribution in [3.05, 3.63) is 52.4 Å². The zero-order chi connectivity index (χ0) is 22.5. The zero-order valence-electron chi connectivity index (χ0n) is 17.9. The van der Waals surface area contributed by atoms with Gasteiger partial charge in [0.15, 0.2) is 11.2 Å². The highest BCUT2D eigenvalue weighted by Gasteiger charge is 2.29. The fourth-order valence-corrected chi connectivity index (χ4v) is 6.31. The number of thiazole rings is 1. The summed E-state index contributed by atoms with van der Waals surface area (Å²) in [6.07, 6.45) is -0.530. The number of aryl methyl sites for hydroxylation is 3. The SMILES string of the molecule is Cc1cc(C)c(S(=O)(=O)Nc2nc(-c3ccc4c(c3)N(C)C(=O)C(C)O4)cs2)c(C)c1. The van der Waals surface area contributed by atoms with E-state index in [0.717, 1.165) is 11.1 Å². The maximum atomic E-state index is 13.0. The molecule has 1 N–H and O–H groups in total. The van der Waals surface area contributed by atoms with Gasteiger partial charge in [-0.1, -0.05) is 17.7 Å². The van der Waals surface area contributed by atoms with Crippen LogP contribution in [0, 0.1) is 20.8 Å². The molecule has 31 heavy (non-hydrogen) atoms. The molecule has 2 aromatic carbocycles. The van der Waals surface area contributed by atoms with Crippen molar-refractivity contribution in [1.82, 2.24) is 4.98 Å². The normalized spacial score (nSPS) is 16.1. The molecular weight excluding hydrogens is 434 g/mol. The van der Waals surface area contributed by atoms with Crippen molar-refractivity contribution in [2.75, 3.05) is 16.7 Å². The van der Waals surface area contributed by atoms with Gasteiger partial charge in [0.25, 0.3) is 15.9 Å². The van der Waals surface area contributed by atoms with Crippen molar-refractivity contribution in [2.45, 2.75) is 38.7 Å². The van der Waals surface area contributed by atoms with Crippen molar-refractivity contribution < 1.29 is 17.9 Å². The Labute approximate surface area is 185 Å². The van der Waals surface area contributed by atoms with Crippen LogP contribution >= 0.6 is 11.3 Å². The number of hydrogen-bond donors (Lipinski definition) is 1. The summed E-state index contributed by atoms with van der Waals surface area (Å²) in [5.41, 5.74) is 4.43. The van der Waals surface area contributed by atoms with E-state index in [1.54, 1.807) is 44.2 Å². The Hall–Kier alpha value is -2.91. The number of anilines is 2. The third-order valence-corrected chi connectivity index (χ3v) is 7.73. The van der Waals surface area contributed by atoms with E-state index >= 15 is 0 Å². The average Bonchev–Trinajstić information content (AvgIpc) is 3.12. The van der Waals surface area contributed by atoms with Crippen molar-refractivity contribution in [1.29, 1.82) is 0 Å². The molecule has 1 aliphatic heterocycles. The van der Waals surface area contributed by atoms with E-state index in [4.69, 9.17) is 4.74 Å². The van der Waals surface area contributed by atoms with Crippen molar-refractivity contribution >= 4 is 38.1 Å². The predicted molar refractivity (Wildman–Crippen MR) is 123 cm³/mol. The fraction of sp³-hybridized carbons (Fsp3) is 0.273. The number of likely N-dealkylation sites (N-methyl/N-ethyl adjacent to an activating group) is 1. The maximum Gasteiger partial charge on any atom is 0.267 e. The number of benzene rings is 2. The van der Waals surface area contributed by atoms with E-state index in [1.165, 1.54) is 11.3 Å². The van der Waals surface area contributed by atoms with Crippen LogP contribution in [0.5, 0.6) is 5.75 Å². The van der Waals surface area contributed by atoms with E-state index in [-0.39, 0.29) is 15.9 Å². The standard InChI is InChI=1S/C22H23N3O4S2/c1-12-8-13(2)20(14(3)9-12)31(27,28)24-22-23-17(11-30-22)16-6-7-19-18(10-16)25(5)21(26)15(4)29-19/h6-11,15H,1-5H3,(H,23,24). The number of carbonyl (C=O) groups is 1. The Morgan fingerprint density at radius 3 is 2.48 bits per heavy atom. The second kappa shape index (κ2) is 7.65. The molecule has 1 amide bonds. The van der Waals surface area contributed by atoms with Crippen molar-refractivity contribution in [3.63, 3.8) is 0 Å². The van der Waals surface area contributed by atoms with Crippen LogP contribution in [-0.4, -0.2) is 32.5 Å². The van der Waals surface area contributed by atoms with E-state index in [1.807, 2.05) is 31.2 Å². The van der Waals surface area contributed by atoms with Gasteiger partial charge in [-0.25, -0.2) is 13.4 Å². The minimum absolute atomic E-state index is 0.125. The van der Waals surface area contributed by atoms with Crippen LogP contribution in [0.1, 0.15) is 23.6 Å². The summed E-state index contributed by atoms with van der Waals surface area (Å²) >= 11 is 1.21. The number of nitrogens with one attached hydrogen (secondary N) is 1. The first-order valence-electron chi connectivity index (χ1n) is 9.71. The van der Waals surface area contributed by atoms with E-state index in [9.17, 15) is 13.2 Å². The maximum absolute atomic E-state index is 13.0. The van der Waals surface area contributed by atoms with Crippen LogP contribution in [0.2, 0.25) is 0 Å². The Bertz CT molecular complexity index is 1270. The molecule has 0 spiro atoms. The summed E-state index contributed by atoms with van der Waals surface area (Å²) in [6.45, 7) is 7.23. The third-order valence-electron chi connectivity index (χ3n) is 5.20. The van der Waals surface area contributed by atoms with Gasteiger partial charge in [-0.15, -0.1) is 11.3 Å². The van der Waals surface area contributed by atoms with E-state index < -0.39 is 16.1 Å². The summed E-state index contributed by atoms with van der Waals surface area (Å²) in [4.78, 5) is 18.5. The number of nitrogens with zero attached hydrogens (tertiary/aromatic N) is 2. The highest BCUT2D eigenvalue weighted by atomic mass is 32.2. The van der Waals surface area contributed by atoms with Crippen molar-refractivity contribution in [3.8, 4) is 17.0 Å². The molecule has 1 unspecified atom stereocenters. The van der Waals surface area contributed by atoms with Gasteiger partial charge in [0.2, 0.25) is 0 Å². The monoisotopic (exact) mass is 457 g/mol. The summed E-state index contributed by atoms with van der Waals surface area (Å²) in [5, 5.41) is 2.06. The predicted octanol–water partition coefficient (Wildman–Crippen LogP) is 4.28. The lowest BCUT2D eigenvalue weighted by Crippen LogP contribution is -2.41. The van der Waals surface area contributed by atoms with E-state index in [2.05, 4.69) is 9.71 Å². The molecular formula is C22H23N3O4S2. The summed E-state index contributed by atoms with van der Waals surface area (Å²) in [6, 6.07) is 9.16. The zero-order valence-corrected chi connectivity index (χ0v) is 19.5. The third kappa shape index (κ3) is 3.90. The van der Waals surface area contributed by atoms with Gasteiger partial charge < -0.3 is 9.64 Å². The molecule has 0 saturated heterocycles. The van der Waals surface area contributed by atoms with Gasteiger partial charge in [-0.05, 0) is 57.0 Å². The minimum atomic E-state index is -3.77. The molecule has 0 radical (unpaired) electrons. The number of rotatable bonds is 4. The number of aromatic nitrogens is 1. The van der Waals surface area contributed by atoms with Gasteiger partial charge >= 0.3 is 0 Å². The van der Waals surface area contributed by atoms with Gasteiger partial charge in [0.05, 0.1) is 16.3 Å². The highest BCUT2D eigenvalue weighted by molar-refractivity contribution is 7.93. The summed E-state index contributed by atoms with van der Waals surface area (Å²) in [7, 11) is -2.07. The number of hydrogen-bond acceptors (Lipinski definition) is 6. The Balaban J connectivity index is 1.63. The molecule has 0 aliphatic carbocycles. The highest BCUT2D eigenvalue weighted by Crippen LogP contribution is 2.37. The molecule has 7 nitrogen and oxygen atoms in total. The summed E-state index contributed by atoms with van der Waals surface area (Å²) in [5.74, 6) is 0.500. The van der Waals surface area contributed by atoms with Crippen LogP contribution in [0.3, 0.4) is 0 Å². The average molecular weight is 458 g/mol. The largest absolute Gasteiger partial charge is 0.479 e. The van der Waals surface area contributed by atoms with Gasteiger partial charge in [-0.3, -0.25) is 9.52 Å². The molecule has 162 valence electrons. The molecule has 4 rings (SSSR count). The first-order valence-corrected chi connectivity index (χ1v) is 12.1. The topological polar surface area (TPSA) is 88.6 Å². The molecule has 1 aromatic heterocycles. The first-order chi connectivity index (χ1) is 14.6. The Morgan fingerprint density at radius 1 is 1.13 bits per heavy atom. The first kappa shape index (κ1) is 21.3. The lowest BCUT2D eigenvalue weighted by molar-refractivity contribution is -0.125. The van der Waals surface area contributed by atoms with E-state index in [0.29, 0.717) is 28.3 Å². The van der Waals surface area contributed by atoms with Crippen LogP contribution in [0.25, 0.3) is 11.3 Å². The number of ether oxygens (including phenoxy) is 1. The second-order valence-corrected chi connectivity index (χ2v) is 10.2. The number of amides is 1. The molecule has 0 fully saturated rings. The molecule has 2 heterocycles.